The second-order valence-corrected chi connectivity index (χ2v) is 4.90. The molecule has 6 nitrogen and oxygen atoms in total. The number of rotatable bonds is 2. The number of hydroxylamine groups is 2. The molecule has 0 unspecified atom stereocenters. The van der Waals surface area contributed by atoms with Crippen molar-refractivity contribution in [2.45, 2.75) is 0 Å². The van der Waals surface area contributed by atoms with Gasteiger partial charge in [0.1, 0.15) is 6.67 Å². The second-order valence-electron chi connectivity index (χ2n) is 4.07. The average molecular weight is 310 g/mol. The van der Waals surface area contributed by atoms with Gasteiger partial charge in [0.25, 0.3) is 0 Å². The van der Waals surface area contributed by atoms with Crippen molar-refractivity contribution >= 4 is 35.1 Å². The Hall–Kier alpha value is -1.89. The molecule has 0 saturated heterocycles. The predicted octanol–water partition coefficient (Wildman–Crippen LogP) is 2.65. The molecule has 2 aromatic rings. The van der Waals surface area contributed by atoms with Gasteiger partial charge in [0.15, 0.2) is 5.15 Å². The zero-order chi connectivity index (χ0) is 14.1. The maximum atomic E-state index is 9.93. The molecule has 2 heterocycles. The van der Waals surface area contributed by atoms with E-state index >= 15 is 0 Å². The molecular weight excluding hydrogens is 301 g/mol. The van der Waals surface area contributed by atoms with Crippen molar-refractivity contribution in [3.63, 3.8) is 0 Å². The first kappa shape index (κ1) is 13.1. The van der Waals surface area contributed by atoms with Crippen molar-refractivity contribution in [2.24, 2.45) is 4.99 Å². The first-order valence-corrected chi connectivity index (χ1v) is 6.45. The highest BCUT2D eigenvalue weighted by Gasteiger charge is 2.17. The molecule has 0 spiro atoms. The Balaban J connectivity index is 2.16. The van der Waals surface area contributed by atoms with E-state index in [0.29, 0.717) is 22.0 Å². The maximum Gasteiger partial charge on any atom is 0.171 e. The normalized spacial score (nSPS) is 14.6. The molecule has 0 atom stereocenters. The molecular formula is C12H9Cl2N5O. The zero-order valence-electron chi connectivity index (χ0n) is 10.1. The fourth-order valence-corrected chi connectivity index (χ4v) is 2.21. The van der Waals surface area contributed by atoms with Gasteiger partial charge in [0.2, 0.25) is 0 Å². The summed E-state index contributed by atoms with van der Waals surface area (Å²) in [6, 6.07) is 5.25. The molecule has 1 aliphatic heterocycles. The molecule has 1 N–H and O–H groups in total. The number of aliphatic imine (C=N–C) groups is 1. The van der Waals surface area contributed by atoms with Crippen LogP contribution in [0.1, 0.15) is 5.56 Å². The minimum absolute atomic E-state index is 0.163. The highest BCUT2D eigenvalue weighted by Crippen LogP contribution is 2.28. The Kier molecular flexibility index (Phi) is 3.43. The van der Waals surface area contributed by atoms with Crippen molar-refractivity contribution in [2.75, 3.05) is 6.67 Å². The monoisotopic (exact) mass is 309 g/mol. The standard InChI is InChI=1S/C12H9Cl2N5O/c13-8-1-2-10(18-6-12(14)16-17-18)9(5-8)11-3-4-15-7-19(11)20/h1-6,20H,7H2. The van der Waals surface area contributed by atoms with Gasteiger partial charge in [0, 0.05) is 16.8 Å². The SMILES string of the molecule is ON1CN=CC=C1c1cc(Cl)ccc1-n1cc(Cl)nn1. The number of halogens is 2. The van der Waals surface area contributed by atoms with Gasteiger partial charge in [-0.3, -0.25) is 10.2 Å². The van der Waals surface area contributed by atoms with Crippen molar-refractivity contribution < 1.29 is 5.21 Å². The van der Waals surface area contributed by atoms with Gasteiger partial charge in [0.05, 0.1) is 17.6 Å². The van der Waals surface area contributed by atoms with Crippen LogP contribution in [0.25, 0.3) is 11.4 Å². The molecule has 0 radical (unpaired) electrons. The lowest BCUT2D eigenvalue weighted by Crippen LogP contribution is -2.21. The molecule has 0 bridgehead atoms. The lowest BCUT2D eigenvalue weighted by atomic mass is 10.1. The van der Waals surface area contributed by atoms with Crippen LogP contribution in [0.15, 0.2) is 35.5 Å². The van der Waals surface area contributed by atoms with Crippen LogP contribution in [0.5, 0.6) is 0 Å². The molecule has 1 aliphatic rings. The number of allylic oxidation sites excluding steroid dienone is 1. The van der Waals surface area contributed by atoms with Gasteiger partial charge < -0.3 is 0 Å². The molecule has 3 rings (SSSR count). The van der Waals surface area contributed by atoms with Crippen LogP contribution in [-0.4, -0.2) is 38.1 Å². The number of hydrogen-bond acceptors (Lipinski definition) is 5. The highest BCUT2D eigenvalue weighted by atomic mass is 35.5. The smallest absolute Gasteiger partial charge is 0.171 e. The number of benzene rings is 1. The topological polar surface area (TPSA) is 66.5 Å². The summed E-state index contributed by atoms with van der Waals surface area (Å²) in [6.45, 7) is 0.163. The van der Waals surface area contributed by atoms with Crippen molar-refractivity contribution in [1.82, 2.24) is 20.1 Å². The van der Waals surface area contributed by atoms with Crippen molar-refractivity contribution in [3.05, 3.63) is 46.2 Å². The van der Waals surface area contributed by atoms with E-state index in [1.165, 1.54) is 4.68 Å². The van der Waals surface area contributed by atoms with Crippen LogP contribution in [0.2, 0.25) is 10.2 Å². The summed E-state index contributed by atoms with van der Waals surface area (Å²) in [4.78, 5) is 3.95. The van der Waals surface area contributed by atoms with Crippen LogP contribution < -0.4 is 0 Å². The predicted molar refractivity (Wildman–Crippen MR) is 76.3 cm³/mol. The van der Waals surface area contributed by atoms with E-state index < -0.39 is 0 Å². The molecule has 0 aliphatic carbocycles. The Bertz CT molecular complexity index is 710. The van der Waals surface area contributed by atoms with Crippen LogP contribution in [-0.2, 0) is 0 Å². The van der Waals surface area contributed by atoms with E-state index in [-0.39, 0.29) is 11.8 Å². The number of aromatic nitrogens is 3. The van der Waals surface area contributed by atoms with E-state index in [2.05, 4.69) is 15.3 Å². The Morgan fingerprint density at radius 1 is 1.25 bits per heavy atom. The Labute approximate surface area is 124 Å². The summed E-state index contributed by atoms with van der Waals surface area (Å²) in [5.74, 6) is 0. The van der Waals surface area contributed by atoms with Crippen LogP contribution in [0.4, 0.5) is 0 Å². The minimum atomic E-state index is 0.163. The summed E-state index contributed by atoms with van der Waals surface area (Å²) in [7, 11) is 0. The fraction of sp³-hybridized carbons (Fsp3) is 0.0833. The molecule has 20 heavy (non-hydrogen) atoms. The zero-order valence-corrected chi connectivity index (χ0v) is 11.6. The quantitative estimate of drug-likeness (QED) is 0.926. The summed E-state index contributed by atoms with van der Waals surface area (Å²) in [5.41, 5.74) is 1.98. The van der Waals surface area contributed by atoms with Gasteiger partial charge in [-0.25, -0.2) is 9.75 Å². The van der Waals surface area contributed by atoms with E-state index in [1.54, 1.807) is 36.7 Å². The lowest BCUT2D eigenvalue weighted by molar-refractivity contribution is -0.0249. The second kappa shape index (κ2) is 5.24. The van der Waals surface area contributed by atoms with Gasteiger partial charge in [-0.1, -0.05) is 28.4 Å². The third-order valence-electron chi connectivity index (χ3n) is 2.78. The van der Waals surface area contributed by atoms with Crippen LogP contribution in [0, 0.1) is 0 Å². The molecule has 0 saturated carbocycles. The van der Waals surface area contributed by atoms with E-state index in [9.17, 15) is 5.21 Å². The van der Waals surface area contributed by atoms with Crippen LogP contribution >= 0.6 is 23.2 Å². The molecule has 1 aromatic heterocycles. The van der Waals surface area contributed by atoms with Crippen LogP contribution in [0.3, 0.4) is 0 Å². The van der Waals surface area contributed by atoms with E-state index in [1.807, 2.05) is 0 Å². The number of nitrogens with zero attached hydrogens (tertiary/aromatic N) is 5. The summed E-state index contributed by atoms with van der Waals surface area (Å²) < 4.78 is 1.52. The maximum absolute atomic E-state index is 9.93. The number of hydrogen-bond donors (Lipinski definition) is 1. The van der Waals surface area contributed by atoms with Gasteiger partial charge in [-0.15, -0.1) is 5.10 Å². The minimum Gasteiger partial charge on any atom is -0.287 e. The molecule has 1 aromatic carbocycles. The first-order valence-electron chi connectivity index (χ1n) is 5.70. The molecule has 8 heteroatoms. The summed E-state index contributed by atoms with van der Waals surface area (Å²) in [5, 5.41) is 19.5. The molecule has 0 fully saturated rings. The summed E-state index contributed by atoms with van der Waals surface area (Å²) >= 11 is 11.8. The highest BCUT2D eigenvalue weighted by molar-refractivity contribution is 6.31. The third-order valence-corrected chi connectivity index (χ3v) is 3.19. The van der Waals surface area contributed by atoms with Crippen molar-refractivity contribution in [1.29, 1.82) is 0 Å². The van der Waals surface area contributed by atoms with Gasteiger partial charge in [-0.05, 0) is 24.3 Å². The lowest BCUT2D eigenvalue weighted by Gasteiger charge is -2.22. The first-order chi connectivity index (χ1) is 9.65. The van der Waals surface area contributed by atoms with Crippen molar-refractivity contribution in [3.8, 4) is 5.69 Å². The third kappa shape index (κ3) is 2.40. The fourth-order valence-electron chi connectivity index (χ4n) is 1.91. The molecule has 0 amide bonds. The largest absolute Gasteiger partial charge is 0.287 e. The Morgan fingerprint density at radius 2 is 2.10 bits per heavy atom. The summed E-state index contributed by atoms with van der Waals surface area (Å²) in [6.07, 6.45) is 4.89. The average Bonchev–Trinajstić information content (AvgIpc) is 2.86. The molecule has 102 valence electrons. The van der Waals surface area contributed by atoms with E-state index in [0.717, 1.165) is 5.06 Å². The Morgan fingerprint density at radius 3 is 2.80 bits per heavy atom. The van der Waals surface area contributed by atoms with Gasteiger partial charge in [-0.2, -0.15) is 0 Å². The van der Waals surface area contributed by atoms with E-state index in [4.69, 9.17) is 23.2 Å². The van der Waals surface area contributed by atoms with Gasteiger partial charge >= 0.3 is 0 Å².